The molecule has 1 aromatic rings. The van der Waals surface area contributed by atoms with Gasteiger partial charge in [0.05, 0.1) is 12.1 Å². The maximum Gasteiger partial charge on any atom is 0.418 e. The van der Waals surface area contributed by atoms with E-state index >= 15 is 0 Å². The summed E-state index contributed by atoms with van der Waals surface area (Å²) in [5.41, 5.74) is -4.00. The number of ether oxygens (including phenoxy) is 4. The van der Waals surface area contributed by atoms with Crippen LogP contribution in [0.2, 0.25) is 10.3 Å². The van der Waals surface area contributed by atoms with E-state index in [1.54, 1.807) is 41.5 Å². The topological polar surface area (TPSA) is 130 Å². The first-order chi connectivity index (χ1) is 16.5. The highest BCUT2D eigenvalue weighted by molar-refractivity contribution is 6.33. The Kier molecular flexibility index (Phi) is 10.4. The molecule has 1 aromatic heterocycles. The number of pyridine rings is 1. The van der Waals surface area contributed by atoms with Crippen LogP contribution in [0.1, 0.15) is 75.7 Å². The van der Waals surface area contributed by atoms with Gasteiger partial charge in [0, 0.05) is 5.41 Å². The lowest BCUT2D eigenvalue weighted by molar-refractivity contribution is -0.194. The minimum atomic E-state index is -1.46. The van der Waals surface area contributed by atoms with Crippen molar-refractivity contribution < 1.29 is 38.1 Å². The van der Waals surface area contributed by atoms with Crippen molar-refractivity contribution in [3.63, 3.8) is 0 Å². The van der Waals surface area contributed by atoms with Crippen LogP contribution in [-0.2, 0) is 33.3 Å². The van der Waals surface area contributed by atoms with Gasteiger partial charge in [-0.15, -0.1) is 0 Å². The van der Waals surface area contributed by atoms with Gasteiger partial charge in [-0.05, 0) is 60.6 Å². The molecule has 10 nitrogen and oxygen atoms in total. The first-order valence-corrected chi connectivity index (χ1v) is 12.3. The molecule has 0 radical (unpaired) electrons. The molecule has 0 spiro atoms. The largest absolute Gasteiger partial charge is 0.460 e. The lowest BCUT2D eigenvalue weighted by Crippen LogP contribution is -2.52. The third-order valence-corrected chi connectivity index (χ3v) is 4.92. The molecule has 0 bridgehead atoms. The Balaban J connectivity index is 2.93. The number of nitrogens with one attached hydrogen (secondary N) is 1. The Morgan fingerprint density at radius 2 is 1.32 bits per heavy atom. The maximum atomic E-state index is 12.6. The molecule has 0 saturated heterocycles. The molecular weight excluding hydrogens is 527 g/mol. The summed E-state index contributed by atoms with van der Waals surface area (Å²) in [5.74, 6) is -3.21. The smallest absolute Gasteiger partial charge is 0.418 e. The third kappa shape index (κ3) is 11.6. The van der Waals surface area contributed by atoms with E-state index in [0.29, 0.717) is 0 Å². The lowest BCUT2D eigenvalue weighted by Gasteiger charge is -2.40. The summed E-state index contributed by atoms with van der Waals surface area (Å²) in [4.78, 5) is 53.7. The zero-order chi connectivity index (χ0) is 29.0. The second kappa shape index (κ2) is 11.9. The molecule has 0 saturated carbocycles. The zero-order valence-electron chi connectivity index (χ0n) is 22.9. The van der Waals surface area contributed by atoms with E-state index in [1.165, 1.54) is 39.8 Å². The predicted molar refractivity (Wildman–Crippen MR) is 138 cm³/mol. The maximum absolute atomic E-state index is 12.6. The zero-order valence-corrected chi connectivity index (χ0v) is 24.4. The number of anilines is 1. The van der Waals surface area contributed by atoms with Gasteiger partial charge in [-0.2, -0.15) is 0 Å². The van der Waals surface area contributed by atoms with E-state index in [-0.39, 0.29) is 22.4 Å². The molecule has 0 aliphatic carbocycles. The molecule has 208 valence electrons. The summed E-state index contributed by atoms with van der Waals surface area (Å²) in [7, 11) is 0. The van der Waals surface area contributed by atoms with Crippen LogP contribution in [0.15, 0.2) is 12.1 Å². The summed E-state index contributed by atoms with van der Waals surface area (Å²) in [5, 5.41) is 2.63. The molecule has 1 N–H and O–H groups in total. The molecule has 1 heterocycles. The SMILES string of the molecule is CC(C)(C)OC(=O)CC(C)(C)OC(=O)C(=O)OC(C)(C)C(OC(=O)Nc1cc(Cl)nc(Cl)c1)C(C)(C)C. The van der Waals surface area contributed by atoms with Gasteiger partial charge < -0.3 is 18.9 Å². The van der Waals surface area contributed by atoms with Crippen molar-refractivity contribution in [3.05, 3.63) is 22.4 Å². The van der Waals surface area contributed by atoms with Gasteiger partial charge in [0.1, 0.15) is 33.2 Å². The molecule has 12 heteroatoms. The number of esters is 3. The van der Waals surface area contributed by atoms with E-state index in [1.807, 2.05) is 0 Å². The van der Waals surface area contributed by atoms with Gasteiger partial charge >= 0.3 is 24.0 Å². The lowest BCUT2D eigenvalue weighted by atomic mass is 9.80. The van der Waals surface area contributed by atoms with E-state index < -0.39 is 52.3 Å². The van der Waals surface area contributed by atoms with E-state index in [2.05, 4.69) is 10.3 Å². The van der Waals surface area contributed by atoms with Crippen LogP contribution in [0.5, 0.6) is 0 Å². The van der Waals surface area contributed by atoms with Gasteiger partial charge in [0.2, 0.25) is 0 Å². The number of aromatic nitrogens is 1. The second-order valence-corrected chi connectivity index (χ2v) is 12.5. The highest BCUT2D eigenvalue weighted by Crippen LogP contribution is 2.34. The monoisotopic (exact) mass is 562 g/mol. The number of hydrogen-bond donors (Lipinski definition) is 1. The highest BCUT2D eigenvalue weighted by Gasteiger charge is 2.46. The fourth-order valence-corrected chi connectivity index (χ4v) is 4.00. The Morgan fingerprint density at radius 3 is 1.78 bits per heavy atom. The van der Waals surface area contributed by atoms with Crippen molar-refractivity contribution in [2.24, 2.45) is 5.41 Å². The average Bonchev–Trinajstić information content (AvgIpc) is 2.61. The first kappa shape index (κ1) is 32.4. The Hall–Kier alpha value is -2.59. The molecule has 0 aliphatic rings. The molecule has 1 atom stereocenters. The van der Waals surface area contributed by atoms with Crippen molar-refractivity contribution >= 4 is 52.9 Å². The third-order valence-electron chi connectivity index (χ3n) is 4.53. The quantitative estimate of drug-likeness (QED) is 0.191. The van der Waals surface area contributed by atoms with Crippen LogP contribution in [-0.4, -0.2) is 51.9 Å². The van der Waals surface area contributed by atoms with Gasteiger partial charge in [-0.1, -0.05) is 44.0 Å². The number of amides is 1. The van der Waals surface area contributed by atoms with Gasteiger partial charge in [0.25, 0.3) is 0 Å². The van der Waals surface area contributed by atoms with E-state index in [0.717, 1.165) is 0 Å². The van der Waals surface area contributed by atoms with Crippen LogP contribution < -0.4 is 5.32 Å². The standard InChI is InChI=1S/C25H36Cl2N2O8/c1-22(2,3)20(34-21(33)28-14-11-15(26)29-16(27)12-14)25(9,10)37-19(32)18(31)36-24(7,8)13-17(30)35-23(4,5)6/h11-12,20H,13H2,1-10H3,(H,28,29,33). The minimum absolute atomic E-state index is 0.0672. The van der Waals surface area contributed by atoms with Crippen molar-refractivity contribution in [2.75, 3.05) is 5.32 Å². The summed E-state index contributed by atoms with van der Waals surface area (Å²) < 4.78 is 21.5. The number of carbonyl (C=O) groups is 4. The normalized spacial score (nSPS) is 13.3. The molecule has 0 aliphatic heterocycles. The van der Waals surface area contributed by atoms with Crippen molar-refractivity contribution in [3.8, 4) is 0 Å². The van der Waals surface area contributed by atoms with Crippen molar-refractivity contribution in [1.82, 2.24) is 4.98 Å². The number of hydrogen-bond acceptors (Lipinski definition) is 9. The molecular formula is C25H36Cl2N2O8. The average molecular weight is 563 g/mol. The summed E-state index contributed by atoms with van der Waals surface area (Å²) in [6, 6.07) is 2.75. The van der Waals surface area contributed by atoms with E-state index in [4.69, 9.17) is 42.1 Å². The molecule has 1 unspecified atom stereocenters. The summed E-state index contributed by atoms with van der Waals surface area (Å²) in [6.07, 6.45) is -2.16. The Bertz CT molecular complexity index is 1010. The predicted octanol–water partition coefficient (Wildman–Crippen LogP) is 5.73. The number of carbonyl (C=O) groups excluding carboxylic acids is 4. The number of rotatable bonds is 7. The highest BCUT2D eigenvalue weighted by atomic mass is 35.5. The van der Waals surface area contributed by atoms with E-state index in [9.17, 15) is 19.2 Å². The summed E-state index contributed by atoms with van der Waals surface area (Å²) >= 11 is 11.7. The number of halogens is 2. The molecule has 37 heavy (non-hydrogen) atoms. The van der Waals surface area contributed by atoms with Crippen LogP contribution >= 0.6 is 23.2 Å². The molecule has 1 rings (SSSR count). The van der Waals surface area contributed by atoms with Crippen molar-refractivity contribution in [2.45, 2.75) is 98.6 Å². The van der Waals surface area contributed by atoms with Gasteiger partial charge in [-0.3, -0.25) is 10.1 Å². The van der Waals surface area contributed by atoms with Crippen LogP contribution in [0, 0.1) is 5.41 Å². The van der Waals surface area contributed by atoms with Crippen molar-refractivity contribution in [1.29, 1.82) is 0 Å². The molecule has 0 fully saturated rings. The molecule has 0 aromatic carbocycles. The first-order valence-electron chi connectivity index (χ1n) is 11.5. The molecule has 1 amide bonds. The second-order valence-electron chi connectivity index (χ2n) is 11.7. The van der Waals surface area contributed by atoms with Gasteiger partial charge in [-0.25, -0.2) is 19.4 Å². The fourth-order valence-electron chi connectivity index (χ4n) is 3.54. The minimum Gasteiger partial charge on any atom is -0.460 e. The summed E-state index contributed by atoms with van der Waals surface area (Å²) in [6.45, 7) is 16.3. The Labute approximate surface area is 227 Å². The Morgan fingerprint density at radius 1 is 0.838 bits per heavy atom. The van der Waals surface area contributed by atoms with Crippen LogP contribution in [0.25, 0.3) is 0 Å². The van der Waals surface area contributed by atoms with Crippen LogP contribution in [0.3, 0.4) is 0 Å². The van der Waals surface area contributed by atoms with Crippen LogP contribution in [0.4, 0.5) is 10.5 Å². The van der Waals surface area contributed by atoms with Gasteiger partial charge in [0.15, 0.2) is 0 Å². The fraction of sp³-hybridized carbons (Fsp3) is 0.640. The number of nitrogens with zero attached hydrogens (tertiary/aromatic N) is 1.